The molecule has 0 bridgehead atoms. The SMILES string of the molecule is CC(C)CC1(C(=O)N2CCC(=NO)CC2)CCCC1. The van der Waals surface area contributed by atoms with Crippen molar-refractivity contribution < 1.29 is 10.0 Å². The molecule has 2 aliphatic rings. The maximum atomic E-state index is 12.9. The van der Waals surface area contributed by atoms with Crippen molar-refractivity contribution in [3.8, 4) is 0 Å². The van der Waals surface area contributed by atoms with E-state index < -0.39 is 0 Å². The highest BCUT2D eigenvalue weighted by Gasteiger charge is 2.43. The molecule has 0 unspecified atom stereocenters. The molecule has 108 valence electrons. The molecule has 1 heterocycles. The van der Waals surface area contributed by atoms with Gasteiger partial charge in [-0.15, -0.1) is 0 Å². The van der Waals surface area contributed by atoms with Gasteiger partial charge in [-0.05, 0) is 25.2 Å². The standard InChI is InChI=1S/C15H26N2O2/c1-12(2)11-15(7-3-4-8-15)14(18)17-9-5-13(16-19)6-10-17/h12,19H,3-11H2,1-2H3. The van der Waals surface area contributed by atoms with E-state index in [1.165, 1.54) is 12.8 Å². The summed E-state index contributed by atoms with van der Waals surface area (Å²) in [6.45, 7) is 5.86. The van der Waals surface area contributed by atoms with Gasteiger partial charge in [-0.25, -0.2) is 0 Å². The molecule has 0 aromatic rings. The highest BCUT2D eigenvalue weighted by atomic mass is 16.4. The van der Waals surface area contributed by atoms with Gasteiger partial charge in [0.05, 0.1) is 5.71 Å². The minimum Gasteiger partial charge on any atom is -0.411 e. The molecule has 0 aromatic carbocycles. The van der Waals surface area contributed by atoms with Gasteiger partial charge in [-0.2, -0.15) is 0 Å². The van der Waals surface area contributed by atoms with Gasteiger partial charge in [0.2, 0.25) is 5.91 Å². The number of amides is 1. The summed E-state index contributed by atoms with van der Waals surface area (Å²) in [5, 5.41) is 12.1. The van der Waals surface area contributed by atoms with Gasteiger partial charge in [0, 0.05) is 31.3 Å². The van der Waals surface area contributed by atoms with Gasteiger partial charge < -0.3 is 10.1 Å². The van der Waals surface area contributed by atoms with Gasteiger partial charge in [0.25, 0.3) is 0 Å². The van der Waals surface area contributed by atoms with Crippen LogP contribution < -0.4 is 0 Å². The van der Waals surface area contributed by atoms with E-state index in [9.17, 15) is 4.79 Å². The van der Waals surface area contributed by atoms with Crippen molar-refractivity contribution in [1.82, 2.24) is 4.90 Å². The van der Waals surface area contributed by atoms with Crippen LogP contribution in [0.3, 0.4) is 0 Å². The number of carbonyl (C=O) groups is 1. The molecular weight excluding hydrogens is 240 g/mol. The van der Waals surface area contributed by atoms with Crippen LogP contribution in [-0.2, 0) is 4.79 Å². The van der Waals surface area contributed by atoms with Crippen molar-refractivity contribution in [2.24, 2.45) is 16.5 Å². The number of rotatable bonds is 3. The summed E-state index contributed by atoms with van der Waals surface area (Å²) in [6.07, 6.45) is 6.96. The molecule has 1 saturated heterocycles. The molecule has 0 aromatic heterocycles. The van der Waals surface area contributed by atoms with Crippen LogP contribution in [0.1, 0.15) is 58.8 Å². The van der Waals surface area contributed by atoms with E-state index >= 15 is 0 Å². The van der Waals surface area contributed by atoms with Gasteiger partial charge >= 0.3 is 0 Å². The molecule has 4 nitrogen and oxygen atoms in total. The third-order valence-corrected chi connectivity index (χ3v) is 4.58. The van der Waals surface area contributed by atoms with Crippen molar-refractivity contribution in [3.63, 3.8) is 0 Å². The molecule has 1 amide bonds. The monoisotopic (exact) mass is 266 g/mol. The normalized spacial score (nSPS) is 22.9. The Bertz CT molecular complexity index is 347. The molecule has 0 spiro atoms. The van der Waals surface area contributed by atoms with Crippen LogP contribution in [0, 0.1) is 11.3 Å². The Morgan fingerprint density at radius 1 is 1.32 bits per heavy atom. The quantitative estimate of drug-likeness (QED) is 0.630. The average molecular weight is 266 g/mol. The minimum atomic E-state index is -0.0952. The fourth-order valence-corrected chi connectivity index (χ4v) is 3.74. The Morgan fingerprint density at radius 3 is 2.37 bits per heavy atom. The molecule has 2 rings (SSSR count). The molecule has 1 saturated carbocycles. The molecule has 2 fully saturated rings. The highest BCUT2D eigenvalue weighted by molar-refractivity contribution is 5.89. The molecule has 1 aliphatic carbocycles. The summed E-state index contributed by atoms with van der Waals surface area (Å²) in [4.78, 5) is 14.9. The van der Waals surface area contributed by atoms with Crippen molar-refractivity contribution in [3.05, 3.63) is 0 Å². The number of hydrogen-bond donors (Lipinski definition) is 1. The number of oxime groups is 1. The summed E-state index contributed by atoms with van der Waals surface area (Å²) in [7, 11) is 0. The molecular formula is C15H26N2O2. The smallest absolute Gasteiger partial charge is 0.228 e. The predicted octanol–water partition coefficient (Wildman–Crippen LogP) is 3.05. The third-order valence-electron chi connectivity index (χ3n) is 4.58. The fraction of sp³-hybridized carbons (Fsp3) is 0.867. The topological polar surface area (TPSA) is 52.9 Å². The zero-order chi connectivity index (χ0) is 13.9. The Morgan fingerprint density at radius 2 is 1.89 bits per heavy atom. The van der Waals surface area contributed by atoms with Gasteiger partial charge in [-0.3, -0.25) is 4.79 Å². The molecule has 4 heteroatoms. The first-order valence-electron chi connectivity index (χ1n) is 7.56. The first kappa shape index (κ1) is 14.4. The second-order valence-corrected chi connectivity index (χ2v) is 6.54. The summed E-state index contributed by atoms with van der Waals surface area (Å²) in [5.41, 5.74) is 0.732. The molecule has 0 radical (unpaired) electrons. The largest absolute Gasteiger partial charge is 0.411 e. The van der Waals surface area contributed by atoms with Crippen LogP contribution in [0.2, 0.25) is 0 Å². The minimum absolute atomic E-state index is 0.0952. The zero-order valence-electron chi connectivity index (χ0n) is 12.2. The lowest BCUT2D eigenvalue weighted by Gasteiger charge is -2.37. The first-order valence-corrected chi connectivity index (χ1v) is 7.56. The van der Waals surface area contributed by atoms with Crippen LogP contribution in [0.25, 0.3) is 0 Å². The summed E-state index contributed by atoms with van der Waals surface area (Å²) >= 11 is 0. The Labute approximate surface area is 115 Å². The maximum Gasteiger partial charge on any atom is 0.228 e. The lowest BCUT2D eigenvalue weighted by Crippen LogP contribution is -2.47. The zero-order valence-corrected chi connectivity index (χ0v) is 12.2. The molecule has 0 atom stereocenters. The van der Waals surface area contributed by atoms with Gasteiger partial charge in [-0.1, -0.05) is 31.8 Å². The van der Waals surface area contributed by atoms with E-state index in [0.717, 1.165) is 50.9 Å². The Hall–Kier alpha value is -1.06. The average Bonchev–Trinajstić information content (AvgIpc) is 2.87. The van der Waals surface area contributed by atoms with Crippen molar-refractivity contribution in [1.29, 1.82) is 0 Å². The molecule has 1 aliphatic heterocycles. The fourth-order valence-electron chi connectivity index (χ4n) is 3.74. The van der Waals surface area contributed by atoms with Crippen LogP contribution in [0.4, 0.5) is 0 Å². The number of hydrogen-bond acceptors (Lipinski definition) is 3. The number of likely N-dealkylation sites (tertiary alicyclic amines) is 1. The van der Waals surface area contributed by atoms with E-state index in [1.807, 2.05) is 4.90 Å². The van der Waals surface area contributed by atoms with Gasteiger partial charge in [0.1, 0.15) is 0 Å². The van der Waals surface area contributed by atoms with E-state index in [2.05, 4.69) is 19.0 Å². The lowest BCUT2D eigenvalue weighted by molar-refractivity contribution is -0.143. The summed E-state index contributed by atoms with van der Waals surface area (Å²) < 4.78 is 0. The number of nitrogens with zero attached hydrogens (tertiary/aromatic N) is 2. The number of piperidine rings is 1. The second-order valence-electron chi connectivity index (χ2n) is 6.54. The van der Waals surface area contributed by atoms with E-state index in [4.69, 9.17) is 5.21 Å². The lowest BCUT2D eigenvalue weighted by atomic mass is 9.77. The van der Waals surface area contributed by atoms with Crippen LogP contribution in [0.15, 0.2) is 5.16 Å². The van der Waals surface area contributed by atoms with Crippen LogP contribution >= 0.6 is 0 Å². The van der Waals surface area contributed by atoms with Crippen LogP contribution in [-0.4, -0.2) is 34.8 Å². The highest BCUT2D eigenvalue weighted by Crippen LogP contribution is 2.44. The first-order chi connectivity index (χ1) is 9.07. The third kappa shape index (κ3) is 3.10. The molecule has 19 heavy (non-hydrogen) atoms. The van der Waals surface area contributed by atoms with E-state index in [1.54, 1.807) is 0 Å². The second kappa shape index (κ2) is 5.93. The maximum absolute atomic E-state index is 12.9. The van der Waals surface area contributed by atoms with Crippen molar-refractivity contribution in [2.75, 3.05) is 13.1 Å². The van der Waals surface area contributed by atoms with E-state index in [0.29, 0.717) is 11.8 Å². The summed E-state index contributed by atoms with van der Waals surface area (Å²) in [6, 6.07) is 0. The molecule has 1 N–H and O–H groups in total. The Balaban J connectivity index is 2.04. The van der Waals surface area contributed by atoms with Gasteiger partial charge in [0.15, 0.2) is 0 Å². The van der Waals surface area contributed by atoms with Crippen molar-refractivity contribution >= 4 is 11.6 Å². The van der Waals surface area contributed by atoms with Crippen LogP contribution in [0.5, 0.6) is 0 Å². The number of carbonyl (C=O) groups excluding carboxylic acids is 1. The van der Waals surface area contributed by atoms with Crippen molar-refractivity contribution in [2.45, 2.75) is 58.8 Å². The predicted molar refractivity (Wildman–Crippen MR) is 75.4 cm³/mol. The summed E-state index contributed by atoms with van der Waals surface area (Å²) in [5.74, 6) is 0.928. The van der Waals surface area contributed by atoms with E-state index in [-0.39, 0.29) is 5.41 Å². The Kier molecular flexibility index (Phi) is 4.48.